The molecule has 0 saturated carbocycles. The largest absolute Gasteiger partial charge is 0.456 e. The Morgan fingerprint density at radius 2 is 0.739 bits per heavy atom. The number of nitrogens with zero attached hydrogens (tertiary/aromatic N) is 4. The summed E-state index contributed by atoms with van der Waals surface area (Å²) in [7, 11) is 0. The van der Waals surface area contributed by atoms with Gasteiger partial charge in [0.25, 0.3) is 0 Å². The fraction of sp³-hybridized carbons (Fsp3) is 0. The molecule has 0 aliphatic rings. The van der Waals surface area contributed by atoms with E-state index >= 15 is 0 Å². The molecule has 0 amide bonds. The van der Waals surface area contributed by atoms with Crippen LogP contribution in [0.5, 0.6) is 0 Å². The average molecular weight is 591 g/mol. The fourth-order valence-electron chi connectivity index (χ4n) is 7.42. The van der Waals surface area contributed by atoms with Gasteiger partial charge >= 0.3 is 0 Å². The lowest BCUT2D eigenvalue weighted by Crippen LogP contribution is -2.03. The molecule has 5 aromatic heterocycles. The molecule has 0 aliphatic heterocycles. The summed E-state index contributed by atoms with van der Waals surface area (Å²) in [6.07, 6.45) is 0. The zero-order valence-electron chi connectivity index (χ0n) is 24.3. The monoisotopic (exact) mass is 590 g/mol. The van der Waals surface area contributed by atoms with E-state index < -0.39 is 0 Å². The summed E-state index contributed by atoms with van der Waals surface area (Å²) in [6.45, 7) is 0. The molecule has 0 unspecified atom stereocenters. The van der Waals surface area contributed by atoms with E-state index in [-0.39, 0.29) is 0 Å². The van der Waals surface area contributed by atoms with Crippen LogP contribution >= 0.6 is 0 Å². The van der Waals surface area contributed by atoms with Crippen molar-refractivity contribution in [2.45, 2.75) is 0 Å². The number of rotatable bonds is 2. The molecule has 46 heavy (non-hydrogen) atoms. The summed E-state index contributed by atoms with van der Waals surface area (Å²) in [5.74, 6) is 1.51. The quantitative estimate of drug-likeness (QED) is 0.201. The predicted molar refractivity (Wildman–Crippen MR) is 185 cm³/mol. The smallest absolute Gasteiger partial charge is 0.160 e. The first-order valence-corrected chi connectivity index (χ1v) is 15.3. The van der Waals surface area contributed by atoms with E-state index in [0.717, 1.165) is 99.1 Å². The van der Waals surface area contributed by atoms with E-state index in [2.05, 4.69) is 118 Å². The van der Waals surface area contributed by atoms with Crippen LogP contribution in [0.25, 0.3) is 99.1 Å². The van der Waals surface area contributed by atoms with Crippen LogP contribution < -0.4 is 0 Å². The number of fused-ring (bicyclic) bond motifs is 12. The van der Waals surface area contributed by atoms with Crippen LogP contribution in [0.1, 0.15) is 0 Å². The highest BCUT2D eigenvalue weighted by molar-refractivity contribution is 6.18. The average Bonchev–Trinajstić information content (AvgIpc) is 3.84. The van der Waals surface area contributed by atoms with Crippen molar-refractivity contribution in [3.63, 3.8) is 0 Å². The van der Waals surface area contributed by atoms with Gasteiger partial charge in [0.1, 0.15) is 22.3 Å². The van der Waals surface area contributed by atoms with Crippen LogP contribution in [0, 0.1) is 0 Å². The number of hydrogen-bond acceptors (Lipinski definition) is 4. The molecule has 0 aliphatic carbocycles. The highest BCUT2D eigenvalue weighted by Gasteiger charge is 2.19. The van der Waals surface area contributed by atoms with Crippen LogP contribution in [0.2, 0.25) is 0 Å². The predicted octanol–water partition coefficient (Wildman–Crippen LogP) is 10.5. The highest BCUT2D eigenvalue weighted by atomic mass is 16.3. The van der Waals surface area contributed by atoms with Crippen molar-refractivity contribution in [2.75, 3.05) is 0 Å². The summed E-state index contributed by atoms with van der Waals surface area (Å²) in [4.78, 5) is 0. The third-order valence-corrected chi connectivity index (χ3v) is 9.44. The summed E-state index contributed by atoms with van der Waals surface area (Å²) >= 11 is 0. The van der Waals surface area contributed by atoms with Crippen LogP contribution in [-0.4, -0.2) is 19.3 Å². The van der Waals surface area contributed by atoms with E-state index in [0.29, 0.717) is 0 Å². The maximum absolute atomic E-state index is 6.25. The van der Waals surface area contributed by atoms with Gasteiger partial charge in [-0.15, -0.1) is 10.2 Å². The highest BCUT2D eigenvalue weighted by Crippen LogP contribution is 2.40. The van der Waals surface area contributed by atoms with Gasteiger partial charge < -0.3 is 8.83 Å². The molecule has 0 fully saturated rings. The van der Waals surface area contributed by atoms with Crippen molar-refractivity contribution in [3.8, 4) is 11.6 Å². The lowest BCUT2D eigenvalue weighted by atomic mass is 10.1. The first-order valence-electron chi connectivity index (χ1n) is 15.3. The Bertz CT molecular complexity index is 2820. The Balaban J connectivity index is 1.15. The second-order valence-electron chi connectivity index (χ2n) is 11.9. The van der Waals surface area contributed by atoms with E-state index in [9.17, 15) is 0 Å². The van der Waals surface area contributed by atoms with Crippen molar-refractivity contribution < 1.29 is 8.83 Å². The Labute approximate surface area is 260 Å². The molecule has 0 bridgehead atoms. The number of furan rings is 2. The molecule has 0 spiro atoms. The zero-order valence-corrected chi connectivity index (χ0v) is 24.3. The summed E-state index contributed by atoms with van der Waals surface area (Å²) in [5.41, 5.74) is 7.80. The maximum atomic E-state index is 6.25. The van der Waals surface area contributed by atoms with Crippen molar-refractivity contribution in [2.24, 2.45) is 0 Å². The number of aromatic nitrogens is 4. The van der Waals surface area contributed by atoms with Gasteiger partial charge in [0.05, 0.1) is 22.1 Å². The number of para-hydroxylation sites is 4. The van der Waals surface area contributed by atoms with Crippen molar-refractivity contribution in [3.05, 3.63) is 133 Å². The minimum Gasteiger partial charge on any atom is -0.456 e. The van der Waals surface area contributed by atoms with Gasteiger partial charge in [-0.1, -0.05) is 72.8 Å². The molecule has 0 atom stereocenters. The Morgan fingerprint density at radius 1 is 0.326 bits per heavy atom. The Morgan fingerprint density at radius 3 is 1.20 bits per heavy atom. The SMILES string of the molecule is c1ccc2c(c1)oc1cc3c4ccccc4n(-c4ccc(-n5c6ccccc6c6cc7oc8ccccc8c7cc65)nn4)c3cc12. The van der Waals surface area contributed by atoms with Gasteiger partial charge in [-0.2, -0.15) is 0 Å². The summed E-state index contributed by atoms with van der Waals surface area (Å²) < 4.78 is 16.9. The van der Waals surface area contributed by atoms with E-state index in [1.165, 1.54) is 0 Å². The van der Waals surface area contributed by atoms with E-state index in [4.69, 9.17) is 19.0 Å². The molecule has 6 aromatic carbocycles. The molecule has 0 radical (unpaired) electrons. The van der Waals surface area contributed by atoms with Crippen LogP contribution in [-0.2, 0) is 0 Å². The van der Waals surface area contributed by atoms with E-state index in [1.807, 2.05) is 24.3 Å². The molecule has 6 heteroatoms. The molecule has 5 heterocycles. The van der Waals surface area contributed by atoms with Gasteiger partial charge in [-0.3, -0.25) is 9.13 Å². The van der Waals surface area contributed by atoms with E-state index in [1.54, 1.807) is 0 Å². The summed E-state index contributed by atoms with van der Waals surface area (Å²) in [5, 5.41) is 18.6. The molecular weight excluding hydrogens is 568 g/mol. The van der Waals surface area contributed by atoms with Crippen molar-refractivity contribution in [1.29, 1.82) is 0 Å². The lowest BCUT2D eigenvalue weighted by Gasteiger charge is -2.09. The maximum Gasteiger partial charge on any atom is 0.160 e. The normalized spacial score (nSPS) is 12.3. The second-order valence-corrected chi connectivity index (χ2v) is 11.9. The first kappa shape index (κ1) is 24.0. The fourth-order valence-corrected chi connectivity index (χ4v) is 7.42. The standard InChI is InChI=1S/C40H22N4O2/c1-5-13-31-23(9-1)27-21-37-29(25-11-3-7-15-35(25)45-37)19-33(27)43(31)39-17-18-40(42-41-39)44-32-14-6-2-10-24(32)28-22-38-30(20-34(28)44)26-12-4-8-16-36(26)46-38/h1-22H. The molecule has 6 nitrogen and oxygen atoms in total. The Hall–Kier alpha value is -6.40. The lowest BCUT2D eigenvalue weighted by molar-refractivity contribution is 0.669. The zero-order chi connectivity index (χ0) is 29.9. The van der Waals surface area contributed by atoms with Gasteiger partial charge in [-0.25, -0.2) is 0 Å². The molecule has 0 saturated heterocycles. The van der Waals surface area contributed by atoms with Crippen LogP contribution in [0.15, 0.2) is 142 Å². The number of benzene rings is 6. The van der Waals surface area contributed by atoms with Crippen LogP contribution in [0.3, 0.4) is 0 Å². The van der Waals surface area contributed by atoms with Gasteiger partial charge in [0.15, 0.2) is 11.6 Å². The molecular formula is C40H22N4O2. The molecule has 11 rings (SSSR count). The Kier molecular flexibility index (Phi) is 4.49. The van der Waals surface area contributed by atoms with Gasteiger partial charge in [0, 0.05) is 43.1 Å². The minimum absolute atomic E-state index is 0.756. The van der Waals surface area contributed by atoms with Crippen molar-refractivity contribution >= 4 is 87.5 Å². The van der Waals surface area contributed by atoms with Crippen molar-refractivity contribution in [1.82, 2.24) is 19.3 Å². The second kappa shape index (κ2) is 8.61. The van der Waals surface area contributed by atoms with Gasteiger partial charge in [-0.05, 0) is 60.7 Å². The third-order valence-electron chi connectivity index (χ3n) is 9.44. The molecule has 11 aromatic rings. The third kappa shape index (κ3) is 3.09. The minimum atomic E-state index is 0.756. The van der Waals surface area contributed by atoms with Gasteiger partial charge in [0.2, 0.25) is 0 Å². The molecule has 214 valence electrons. The first-order chi connectivity index (χ1) is 22.8. The summed E-state index contributed by atoms with van der Waals surface area (Å²) in [6, 6.07) is 46.1. The molecule has 0 N–H and O–H groups in total. The topological polar surface area (TPSA) is 61.9 Å². The number of hydrogen-bond donors (Lipinski definition) is 0. The van der Waals surface area contributed by atoms with Crippen LogP contribution in [0.4, 0.5) is 0 Å².